The molecule has 1 fully saturated rings. The number of pyridine rings is 1. The zero-order chi connectivity index (χ0) is 25.1. The second kappa shape index (κ2) is 8.10. The predicted molar refractivity (Wildman–Crippen MR) is 125 cm³/mol. The molecule has 4 heterocycles. The topological polar surface area (TPSA) is 102 Å². The zero-order valence-corrected chi connectivity index (χ0v) is 19.9. The van der Waals surface area contributed by atoms with Gasteiger partial charge in [-0.15, -0.1) is 0 Å². The Morgan fingerprint density at radius 1 is 1.34 bits per heavy atom. The van der Waals surface area contributed by atoms with Crippen LogP contribution in [0.3, 0.4) is 0 Å². The van der Waals surface area contributed by atoms with E-state index in [1.165, 1.54) is 6.07 Å². The average Bonchev–Trinajstić information content (AvgIpc) is 3.50. The summed E-state index contributed by atoms with van der Waals surface area (Å²) >= 11 is 0. The fraction of sp³-hybridized carbons (Fsp3) is 0.400. The van der Waals surface area contributed by atoms with Crippen LogP contribution in [0.15, 0.2) is 30.5 Å². The lowest BCUT2D eigenvalue weighted by Gasteiger charge is -2.29. The zero-order valence-electron chi connectivity index (χ0n) is 19.9. The number of aliphatic carboxylic acids is 1. The molecule has 1 unspecified atom stereocenters. The first-order chi connectivity index (χ1) is 16.6. The third-order valence-corrected chi connectivity index (χ3v) is 6.79. The SMILES string of the molecule is COCC(C)(C)c1c(C2CO[C@](C)(C(=O)O)C2)c2nc3[nH]ncc3cc2n1-c1ccc(F)c(F)c1. The minimum Gasteiger partial charge on any atom is -0.479 e. The maximum Gasteiger partial charge on any atom is 0.335 e. The van der Waals surface area contributed by atoms with Crippen LogP contribution in [-0.2, 0) is 19.7 Å². The van der Waals surface area contributed by atoms with Crippen LogP contribution in [0, 0.1) is 11.6 Å². The van der Waals surface area contributed by atoms with Gasteiger partial charge >= 0.3 is 5.97 Å². The number of nitrogens with zero attached hydrogens (tertiary/aromatic N) is 3. The van der Waals surface area contributed by atoms with E-state index < -0.39 is 28.6 Å². The number of hydrogen-bond acceptors (Lipinski definition) is 5. The Morgan fingerprint density at radius 3 is 2.77 bits per heavy atom. The van der Waals surface area contributed by atoms with E-state index in [9.17, 15) is 18.7 Å². The van der Waals surface area contributed by atoms with Crippen molar-refractivity contribution in [1.82, 2.24) is 19.7 Å². The number of H-pyrrole nitrogens is 1. The number of carbonyl (C=O) groups is 1. The molecule has 4 aromatic rings. The van der Waals surface area contributed by atoms with Gasteiger partial charge in [-0.25, -0.2) is 18.6 Å². The number of halogens is 2. The van der Waals surface area contributed by atoms with Crippen molar-refractivity contribution in [3.05, 3.63) is 53.4 Å². The van der Waals surface area contributed by atoms with Crippen molar-refractivity contribution in [2.24, 2.45) is 0 Å². The van der Waals surface area contributed by atoms with Crippen LogP contribution >= 0.6 is 0 Å². The summed E-state index contributed by atoms with van der Waals surface area (Å²) in [5, 5.41) is 17.5. The lowest BCUT2D eigenvalue weighted by molar-refractivity contribution is -0.157. The van der Waals surface area contributed by atoms with Gasteiger partial charge in [0.2, 0.25) is 0 Å². The number of carboxylic acid groups (broad SMARTS) is 1. The number of aromatic nitrogens is 4. The van der Waals surface area contributed by atoms with Gasteiger partial charge in [-0.05, 0) is 31.5 Å². The fourth-order valence-electron chi connectivity index (χ4n) is 5.17. The number of ether oxygens (including phenoxy) is 2. The molecule has 0 radical (unpaired) electrons. The van der Waals surface area contributed by atoms with Crippen LogP contribution in [0.1, 0.15) is 44.4 Å². The molecule has 0 bridgehead atoms. The molecule has 3 aromatic heterocycles. The Bertz CT molecular complexity index is 1460. The Balaban J connectivity index is 1.88. The van der Waals surface area contributed by atoms with E-state index in [1.807, 2.05) is 24.5 Å². The molecular formula is C25H26F2N4O4. The van der Waals surface area contributed by atoms with Gasteiger partial charge in [0, 0.05) is 46.8 Å². The third-order valence-electron chi connectivity index (χ3n) is 6.79. The number of hydrogen-bond donors (Lipinski definition) is 2. The van der Waals surface area contributed by atoms with E-state index in [0.29, 0.717) is 29.0 Å². The first-order valence-electron chi connectivity index (χ1n) is 11.3. The highest BCUT2D eigenvalue weighted by Crippen LogP contribution is 2.46. The molecule has 2 atom stereocenters. The number of aromatic amines is 1. The average molecular weight is 485 g/mol. The van der Waals surface area contributed by atoms with Crippen LogP contribution in [-0.4, -0.2) is 56.7 Å². The van der Waals surface area contributed by atoms with Gasteiger partial charge in [-0.2, -0.15) is 5.10 Å². The number of rotatable bonds is 6. The van der Waals surface area contributed by atoms with Crippen LogP contribution in [0.5, 0.6) is 0 Å². The number of fused-ring (bicyclic) bond motifs is 2. The molecule has 8 nitrogen and oxygen atoms in total. The number of nitrogens with one attached hydrogen (secondary N) is 1. The molecule has 1 saturated heterocycles. The van der Waals surface area contributed by atoms with Crippen LogP contribution in [0.2, 0.25) is 0 Å². The minimum absolute atomic E-state index is 0.179. The molecule has 1 aliphatic rings. The standard InChI is InChI=1S/C25H26F2N4O4/c1-24(2,12-34-4)21-19(14-9-25(3,23(32)33)35-11-14)20-18(7-13-10-28-30-22(13)29-20)31(21)15-5-6-16(26)17(27)8-15/h5-8,10,14H,9,11-12H2,1-4H3,(H,32,33)(H,28,29,30)/t14?,25-/m0/s1. The summed E-state index contributed by atoms with van der Waals surface area (Å²) in [5.74, 6) is -3.25. The molecule has 5 rings (SSSR count). The quantitative estimate of drug-likeness (QED) is 0.419. The van der Waals surface area contributed by atoms with Gasteiger partial charge in [-0.3, -0.25) is 5.10 Å². The highest BCUT2D eigenvalue weighted by molar-refractivity contribution is 5.94. The molecule has 0 aliphatic carbocycles. The summed E-state index contributed by atoms with van der Waals surface area (Å²) in [6.07, 6.45) is 1.88. The van der Waals surface area contributed by atoms with E-state index in [4.69, 9.17) is 14.5 Å². The first-order valence-corrected chi connectivity index (χ1v) is 11.3. The van der Waals surface area contributed by atoms with Gasteiger partial charge < -0.3 is 19.1 Å². The van der Waals surface area contributed by atoms with E-state index in [2.05, 4.69) is 10.2 Å². The number of carboxylic acids is 1. The monoisotopic (exact) mass is 484 g/mol. The van der Waals surface area contributed by atoms with Crippen LogP contribution in [0.25, 0.3) is 27.8 Å². The van der Waals surface area contributed by atoms with Crippen molar-refractivity contribution in [2.45, 2.75) is 44.1 Å². The molecular weight excluding hydrogens is 458 g/mol. The molecule has 1 aliphatic heterocycles. The van der Waals surface area contributed by atoms with Gasteiger partial charge in [0.25, 0.3) is 0 Å². The summed E-state index contributed by atoms with van der Waals surface area (Å²) in [6, 6.07) is 5.65. The number of methoxy groups -OCH3 is 1. The summed E-state index contributed by atoms with van der Waals surface area (Å²) in [7, 11) is 1.60. The summed E-state index contributed by atoms with van der Waals surface area (Å²) < 4.78 is 41.4. The largest absolute Gasteiger partial charge is 0.479 e. The maximum atomic E-state index is 14.4. The molecule has 35 heavy (non-hydrogen) atoms. The minimum atomic E-state index is -1.35. The van der Waals surface area contributed by atoms with Crippen molar-refractivity contribution in [2.75, 3.05) is 20.3 Å². The Morgan fingerprint density at radius 2 is 2.11 bits per heavy atom. The molecule has 1 aromatic carbocycles. The normalized spacial score (nSPS) is 20.8. The second-order valence-corrected chi connectivity index (χ2v) is 9.92. The van der Waals surface area contributed by atoms with E-state index in [-0.39, 0.29) is 18.9 Å². The fourth-order valence-corrected chi connectivity index (χ4v) is 5.17. The lowest BCUT2D eigenvalue weighted by atomic mass is 9.81. The number of benzene rings is 1. The lowest BCUT2D eigenvalue weighted by Crippen LogP contribution is -2.34. The molecule has 0 spiro atoms. The van der Waals surface area contributed by atoms with E-state index >= 15 is 0 Å². The van der Waals surface area contributed by atoms with Crippen molar-refractivity contribution in [1.29, 1.82) is 0 Å². The van der Waals surface area contributed by atoms with Gasteiger partial charge in [0.1, 0.15) is 0 Å². The Kier molecular flexibility index (Phi) is 5.41. The van der Waals surface area contributed by atoms with Crippen molar-refractivity contribution in [3.8, 4) is 5.69 Å². The van der Waals surface area contributed by atoms with Gasteiger partial charge in [-0.1, -0.05) is 13.8 Å². The molecule has 184 valence electrons. The summed E-state index contributed by atoms with van der Waals surface area (Å²) in [5.41, 5.74) is 1.90. The highest BCUT2D eigenvalue weighted by Gasteiger charge is 2.46. The van der Waals surface area contributed by atoms with Crippen molar-refractivity contribution < 1.29 is 28.2 Å². The highest BCUT2D eigenvalue weighted by atomic mass is 19.2. The van der Waals surface area contributed by atoms with E-state index in [0.717, 1.165) is 28.8 Å². The third kappa shape index (κ3) is 3.68. The second-order valence-electron chi connectivity index (χ2n) is 9.92. The summed E-state index contributed by atoms with van der Waals surface area (Å²) in [6.45, 7) is 6.04. The van der Waals surface area contributed by atoms with Crippen molar-refractivity contribution >= 4 is 28.0 Å². The maximum absolute atomic E-state index is 14.4. The summed E-state index contributed by atoms with van der Waals surface area (Å²) in [4.78, 5) is 16.8. The Labute approximate surface area is 199 Å². The van der Waals surface area contributed by atoms with Crippen LogP contribution in [0.4, 0.5) is 8.78 Å². The molecule has 0 amide bonds. The van der Waals surface area contributed by atoms with Gasteiger partial charge in [0.05, 0.1) is 30.4 Å². The van der Waals surface area contributed by atoms with Gasteiger partial charge in [0.15, 0.2) is 22.9 Å². The predicted octanol–water partition coefficient (Wildman–Crippen LogP) is 4.45. The Hall–Kier alpha value is -3.37. The smallest absolute Gasteiger partial charge is 0.335 e. The van der Waals surface area contributed by atoms with E-state index in [1.54, 1.807) is 20.2 Å². The molecule has 10 heteroatoms. The van der Waals surface area contributed by atoms with Crippen molar-refractivity contribution in [3.63, 3.8) is 0 Å². The first kappa shape index (κ1) is 23.4. The molecule has 2 N–H and O–H groups in total. The van der Waals surface area contributed by atoms with Crippen LogP contribution < -0.4 is 0 Å². The molecule has 0 saturated carbocycles.